The van der Waals surface area contributed by atoms with Crippen LogP contribution in [0.4, 0.5) is 14.6 Å². The fourth-order valence-corrected chi connectivity index (χ4v) is 3.28. The Balaban J connectivity index is 1.49. The van der Waals surface area contributed by atoms with Gasteiger partial charge >= 0.3 is 0 Å². The largest absolute Gasteiger partial charge is 0.305 e. The summed E-state index contributed by atoms with van der Waals surface area (Å²) in [6.45, 7) is 0.507. The lowest BCUT2D eigenvalue weighted by molar-refractivity contribution is 0.101. The molecule has 0 saturated heterocycles. The van der Waals surface area contributed by atoms with Crippen molar-refractivity contribution in [2.75, 3.05) is 5.32 Å². The van der Waals surface area contributed by atoms with Crippen molar-refractivity contribution in [2.24, 2.45) is 0 Å². The number of benzene rings is 3. The van der Waals surface area contributed by atoms with E-state index in [1.165, 1.54) is 17.2 Å². The van der Waals surface area contributed by atoms with E-state index < -0.39 is 23.1 Å². The highest BCUT2D eigenvalue weighted by molar-refractivity contribution is 6.04. The van der Waals surface area contributed by atoms with Crippen LogP contribution < -0.4 is 5.32 Å². The topological polar surface area (TPSA) is 46.9 Å². The summed E-state index contributed by atoms with van der Waals surface area (Å²) in [7, 11) is 0. The van der Waals surface area contributed by atoms with E-state index in [2.05, 4.69) is 28.6 Å². The van der Waals surface area contributed by atoms with Crippen LogP contribution in [0.1, 0.15) is 27.0 Å². The molecule has 4 aromatic rings. The smallest absolute Gasteiger partial charge is 0.262 e. The number of carbonyl (C=O) groups excluding carboxylic acids is 1. The lowest BCUT2D eigenvalue weighted by Gasteiger charge is -2.10. The van der Waals surface area contributed by atoms with Crippen molar-refractivity contribution >= 4 is 11.7 Å². The number of nitrogens with zero attached hydrogens (tertiary/aromatic N) is 2. The number of carbonyl (C=O) groups is 1. The average Bonchev–Trinajstić information content (AvgIpc) is 3.17. The van der Waals surface area contributed by atoms with E-state index in [1.807, 2.05) is 36.4 Å². The van der Waals surface area contributed by atoms with E-state index in [1.54, 1.807) is 16.9 Å². The summed E-state index contributed by atoms with van der Waals surface area (Å²) in [5, 5.41) is 6.77. The molecule has 1 aromatic heterocycles. The van der Waals surface area contributed by atoms with Crippen molar-refractivity contribution in [2.45, 2.75) is 13.0 Å². The maximum Gasteiger partial charge on any atom is 0.262 e. The number of aromatic nitrogens is 2. The van der Waals surface area contributed by atoms with E-state index in [0.29, 0.717) is 6.54 Å². The molecule has 4 rings (SSSR count). The number of rotatable bonds is 6. The highest BCUT2D eigenvalue weighted by Crippen LogP contribution is 2.17. The van der Waals surface area contributed by atoms with Gasteiger partial charge in [0.05, 0.1) is 6.54 Å². The first-order valence-corrected chi connectivity index (χ1v) is 9.49. The molecule has 0 aliphatic rings. The van der Waals surface area contributed by atoms with Gasteiger partial charge in [0, 0.05) is 12.3 Å². The Morgan fingerprint density at radius 2 is 1.50 bits per heavy atom. The van der Waals surface area contributed by atoms with Gasteiger partial charge in [-0.3, -0.25) is 9.48 Å². The third-order valence-corrected chi connectivity index (χ3v) is 4.76. The van der Waals surface area contributed by atoms with Crippen molar-refractivity contribution < 1.29 is 13.6 Å². The van der Waals surface area contributed by atoms with Crippen LogP contribution in [0.2, 0.25) is 0 Å². The van der Waals surface area contributed by atoms with Crippen LogP contribution in [-0.2, 0) is 13.0 Å². The molecule has 0 atom stereocenters. The highest BCUT2D eigenvalue weighted by atomic mass is 19.1. The van der Waals surface area contributed by atoms with Crippen LogP contribution in [0.25, 0.3) is 0 Å². The predicted octanol–water partition coefficient (Wildman–Crippen LogP) is 5.05. The molecule has 0 radical (unpaired) electrons. The summed E-state index contributed by atoms with van der Waals surface area (Å²) in [5.41, 5.74) is 2.87. The molecule has 0 aliphatic carbocycles. The summed E-state index contributed by atoms with van der Waals surface area (Å²) in [5.74, 6) is -2.48. The molecule has 0 saturated carbocycles. The van der Waals surface area contributed by atoms with Crippen LogP contribution in [0.15, 0.2) is 85.1 Å². The molecule has 6 heteroatoms. The standard InChI is InChI=1S/C24H19F2N3O/c25-20-11-6-12-21(26)23(20)24(30)27-22-13-14-29(28-22)16-19-10-5-4-9-18(19)15-17-7-2-1-3-8-17/h1-14H,15-16H2,(H,27,28,30). The third kappa shape index (κ3) is 4.43. The Hall–Kier alpha value is -3.80. The Morgan fingerprint density at radius 3 is 2.23 bits per heavy atom. The van der Waals surface area contributed by atoms with Crippen LogP contribution in [0.3, 0.4) is 0 Å². The van der Waals surface area contributed by atoms with Crippen molar-refractivity contribution in [3.63, 3.8) is 0 Å². The zero-order chi connectivity index (χ0) is 20.9. The number of hydrogen-bond donors (Lipinski definition) is 1. The molecule has 1 amide bonds. The van der Waals surface area contributed by atoms with Crippen molar-refractivity contribution in [3.8, 4) is 0 Å². The van der Waals surface area contributed by atoms with Crippen LogP contribution >= 0.6 is 0 Å². The summed E-state index contributed by atoms with van der Waals surface area (Å²) in [4.78, 5) is 12.2. The maximum absolute atomic E-state index is 13.8. The number of amides is 1. The van der Waals surface area contributed by atoms with Gasteiger partial charge in [0.2, 0.25) is 0 Å². The Kier molecular flexibility index (Phi) is 5.66. The number of hydrogen-bond acceptors (Lipinski definition) is 2. The number of anilines is 1. The molecule has 0 unspecified atom stereocenters. The minimum absolute atomic E-state index is 0.225. The van der Waals surface area contributed by atoms with Gasteiger partial charge in [0.1, 0.15) is 17.2 Å². The first kappa shape index (κ1) is 19.5. The van der Waals surface area contributed by atoms with Crippen LogP contribution in [0, 0.1) is 11.6 Å². The quantitative estimate of drug-likeness (QED) is 0.490. The zero-order valence-corrected chi connectivity index (χ0v) is 16.1. The average molecular weight is 403 g/mol. The third-order valence-electron chi connectivity index (χ3n) is 4.76. The van der Waals surface area contributed by atoms with Gasteiger partial charge in [-0.15, -0.1) is 0 Å². The second kappa shape index (κ2) is 8.69. The molecule has 0 aliphatic heterocycles. The molecule has 1 N–H and O–H groups in total. The zero-order valence-electron chi connectivity index (χ0n) is 16.1. The van der Waals surface area contributed by atoms with E-state index in [4.69, 9.17) is 0 Å². The van der Waals surface area contributed by atoms with Gasteiger partial charge in [-0.05, 0) is 35.2 Å². The molecular formula is C24H19F2N3O. The number of nitrogens with one attached hydrogen (secondary N) is 1. The lowest BCUT2D eigenvalue weighted by Crippen LogP contribution is -2.16. The van der Waals surface area contributed by atoms with Crippen molar-refractivity contribution in [1.29, 1.82) is 0 Å². The van der Waals surface area contributed by atoms with Crippen molar-refractivity contribution in [1.82, 2.24) is 9.78 Å². The Labute approximate surface area is 172 Å². The molecule has 150 valence electrons. The van der Waals surface area contributed by atoms with Crippen LogP contribution in [0.5, 0.6) is 0 Å². The molecule has 30 heavy (non-hydrogen) atoms. The van der Waals surface area contributed by atoms with Gasteiger partial charge in [-0.25, -0.2) is 8.78 Å². The van der Waals surface area contributed by atoms with Gasteiger partial charge in [-0.1, -0.05) is 60.7 Å². The Bertz CT molecular complexity index is 1150. The van der Waals surface area contributed by atoms with E-state index in [0.717, 1.165) is 24.1 Å². The van der Waals surface area contributed by atoms with E-state index in [9.17, 15) is 13.6 Å². The summed E-state index contributed by atoms with van der Waals surface area (Å²) in [6, 6.07) is 23.2. The molecule has 0 bridgehead atoms. The van der Waals surface area contributed by atoms with E-state index in [-0.39, 0.29) is 5.82 Å². The minimum atomic E-state index is -0.915. The molecule has 0 fully saturated rings. The van der Waals surface area contributed by atoms with E-state index >= 15 is 0 Å². The second-order valence-corrected chi connectivity index (χ2v) is 6.88. The SMILES string of the molecule is O=C(Nc1ccn(Cc2ccccc2Cc2ccccc2)n1)c1c(F)cccc1F. The summed E-state index contributed by atoms with van der Waals surface area (Å²) in [6.07, 6.45) is 2.51. The van der Waals surface area contributed by atoms with Gasteiger partial charge < -0.3 is 5.32 Å². The summed E-state index contributed by atoms with van der Waals surface area (Å²) < 4.78 is 29.3. The predicted molar refractivity (Wildman–Crippen MR) is 111 cm³/mol. The maximum atomic E-state index is 13.8. The highest BCUT2D eigenvalue weighted by Gasteiger charge is 2.18. The minimum Gasteiger partial charge on any atom is -0.305 e. The van der Waals surface area contributed by atoms with Gasteiger partial charge in [-0.2, -0.15) is 5.10 Å². The lowest BCUT2D eigenvalue weighted by atomic mass is 10.00. The van der Waals surface area contributed by atoms with Crippen LogP contribution in [-0.4, -0.2) is 15.7 Å². The molecule has 0 spiro atoms. The summed E-state index contributed by atoms with van der Waals surface area (Å²) >= 11 is 0. The monoisotopic (exact) mass is 403 g/mol. The fraction of sp³-hybridized carbons (Fsp3) is 0.0833. The number of halogens is 2. The normalized spacial score (nSPS) is 10.7. The molecule has 3 aromatic carbocycles. The van der Waals surface area contributed by atoms with Crippen molar-refractivity contribution in [3.05, 3.63) is 119 Å². The Morgan fingerprint density at radius 1 is 0.833 bits per heavy atom. The molecule has 4 nitrogen and oxygen atoms in total. The van der Waals surface area contributed by atoms with Gasteiger partial charge in [0.25, 0.3) is 5.91 Å². The first-order valence-electron chi connectivity index (χ1n) is 9.49. The molecular weight excluding hydrogens is 384 g/mol. The molecule has 1 heterocycles. The second-order valence-electron chi connectivity index (χ2n) is 6.88. The first-order chi connectivity index (χ1) is 14.6. The fourth-order valence-electron chi connectivity index (χ4n) is 3.28. The van der Waals surface area contributed by atoms with Gasteiger partial charge in [0.15, 0.2) is 5.82 Å².